The van der Waals surface area contributed by atoms with Crippen LogP contribution in [0.1, 0.15) is 11.1 Å². The van der Waals surface area contributed by atoms with E-state index in [-0.39, 0.29) is 10.7 Å². The summed E-state index contributed by atoms with van der Waals surface area (Å²) in [6, 6.07) is 4.90. The third kappa shape index (κ3) is 3.14. The average Bonchev–Trinajstić information content (AvgIpc) is 2.33. The van der Waals surface area contributed by atoms with E-state index in [1.54, 1.807) is 13.0 Å². The third-order valence-electron chi connectivity index (χ3n) is 2.70. The Morgan fingerprint density at radius 1 is 1.25 bits per heavy atom. The average molecular weight is 302 g/mol. The molecule has 0 aliphatic heterocycles. The smallest absolute Gasteiger partial charge is 0.396 e. The first-order valence-corrected chi connectivity index (χ1v) is 6.01. The summed E-state index contributed by atoms with van der Waals surface area (Å²) in [5.41, 5.74) is 6.31. The van der Waals surface area contributed by atoms with Crippen LogP contribution >= 0.6 is 11.6 Å². The van der Waals surface area contributed by atoms with E-state index in [0.29, 0.717) is 11.5 Å². The lowest BCUT2D eigenvalue weighted by Gasteiger charge is -2.13. The molecule has 0 amide bonds. The molecule has 0 radical (unpaired) electrons. The van der Waals surface area contributed by atoms with Gasteiger partial charge >= 0.3 is 6.18 Å². The van der Waals surface area contributed by atoms with E-state index in [0.717, 1.165) is 17.7 Å². The normalized spacial score (nSPS) is 11.4. The number of aryl methyl sites for hydroxylation is 1. The number of benzene rings is 1. The molecular weight excluding hydrogens is 291 g/mol. The zero-order chi connectivity index (χ0) is 14.9. The summed E-state index contributed by atoms with van der Waals surface area (Å²) in [5, 5.41) is 2.73. The van der Waals surface area contributed by atoms with E-state index in [1.165, 1.54) is 12.3 Å². The van der Waals surface area contributed by atoms with Gasteiger partial charge in [-0.2, -0.15) is 13.2 Å². The van der Waals surface area contributed by atoms with Gasteiger partial charge in [0, 0.05) is 16.9 Å². The number of nitrogens with one attached hydrogen (secondary N) is 1. The van der Waals surface area contributed by atoms with Gasteiger partial charge in [-0.15, -0.1) is 0 Å². The second kappa shape index (κ2) is 5.20. The molecule has 0 saturated carbocycles. The van der Waals surface area contributed by atoms with Crippen LogP contribution in [0.2, 0.25) is 5.02 Å². The maximum absolute atomic E-state index is 12.7. The molecule has 0 bridgehead atoms. The summed E-state index contributed by atoms with van der Waals surface area (Å²) in [4.78, 5) is 4.00. The van der Waals surface area contributed by atoms with Crippen molar-refractivity contribution in [1.29, 1.82) is 0 Å². The van der Waals surface area contributed by atoms with Gasteiger partial charge in [0.25, 0.3) is 0 Å². The Morgan fingerprint density at radius 2 is 1.95 bits per heavy atom. The Kier molecular flexibility index (Phi) is 3.76. The minimum atomic E-state index is -4.47. The first kappa shape index (κ1) is 14.5. The summed E-state index contributed by atoms with van der Waals surface area (Å²) < 4.78 is 38.1. The van der Waals surface area contributed by atoms with Crippen LogP contribution in [0.4, 0.5) is 30.4 Å². The van der Waals surface area contributed by atoms with Crippen molar-refractivity contribution < 1.29 is 13.2 Å². The standard InChI is InChI=1S/C13H11ClF3N3/c1-7-2-3-19-12(11(7)18)20-10-5-8(13(15,16)17)4-9(14)6-10/h2-6H,18H2,1H3,(H,19,20). The molecule has 0 fully saturated rings. The van der Waals surface area contributed by atoms with Crippen molar-refractivity contribution in [3.05, 3.63) is 46.6 Å². The van der Waals surface area contributed by atoms with Crippen molar-refractivity contribution in [1.82, 2.24) is 4.98 Å². The molecule has 3 N–H and O–H groups in total. The largest absolute Gasteiger partial charge is 0.416 e. The van der Waals surface area contributed by atoms with E-state index in [9.17, 15) is 13.2 Å². The number of aromatic nitrogens is 1. The van der Waals surface area contributed by atoms with Crippen LogP contribution in [-0.2, 0) is 6.18 Å². The molecule has 0 spiro atoms. The van der Waals surface area contributed by atoms with Gasteiger partial charge in [-0.1, -0.05) is 11.6 Å². The molecule has 106 valence electrons. The minimum Gasteiger partial charge on any atom is -0.396 e. The highest BCUT2D eigenvalue weighted by molar-refractivity contribution is 6.31. The first-order chi connectivity index (χ1) is 9.27. The van der Waals surface area contributed by atoms with Crippen LogP contribution in [0.5, 0.6) is 0 Å². The summed E-state index contributed by atoms with van der Waals surface area (Å²) in [6.45, 7) is 1.78. The predicted octanol–water partition coefficient (Wildman–Crippen LogP) is 4.39. The highest BCUT2D eigenvalue weighted by Gasteiger charge is 2.31. The highest BCUT2D eigenvalue weighted by atomic mass is 35.5. The van der Waals surface area contributed by atoms with Crippen molar-refractivity contribution in [3.63, 3.8) is 0 Å². The SMILES string of the molecule is Cc1ccnc(Nc2cc(Cl)cc(C(F)(F)F)c2)c1N. The number of nitrogen functional groups attached to an aromatic ring is 1. The van der Waals surface area contributed by atoms with Crippen LogP contribution in [0.3, 0.4) is 0 Å². The van der Waals surface area contributed by atoms with Crippen molar-refractivity contribution in [2.75, 3.05) is 11.1 Å². The number of anilines is 3. The zero-order valence-corrected chi connectivity index (χ0v) is 11.2. The maximum Gasteiger partial charge on any atom is 0.416 e. The Labute approximate surface area is 118 Å². The summed E-state index contributed by atoms with van der Waals surface area (Å²) in [5.74, 6) is 0.292. The lowest BCUT2D eigenvalue weighted by molar-refractivity contribution is -0.137. The van der Waals surface area contributed by atoms with Gasteiger partial charge in [0.2, 0.25) is 0 Å². The third-order valence-corrected chi connectivity index (χ3v) is 2.91. The predicted molar refractivity (Wildman–Crippen MR) is 73.1 cm³/mol. The van der Waals surface area contributed by atoms with E-state index >= 15 is 0 Å². The number of nitrogens with two attached hydrogens (primary N) is 1. The molecule has 0 aliphatic carbocycles. The number of hydrogen-bond acceptors (Lipinski definition) is 3. The zero-order valence-electron chi connectivity index (χ0n) is 10.4. The van der Waals surface area contributed by atoms with Crippen LogP contribution < -0.4 is 11.1 Å². The summed E-state index contributed by atoms with van der Waals surface area (Å²) in [6.07, 6.45) is -2.95. The van der Waals surface area contributed by atoms with Crippen molar-refractivity contribution >= 4 is 28.8 Å². The maximum atomic E-state index is 12.7. The molecule has 7 heteroatoms. The molecule has 0 unspecified atom stereocenters. The Balaban J connectivity index is 2.39. The topological polar surface area (TPSA) is 50.9 Å². The van der Waals surface area contributed by atoms with E-state index in [2.05, 4.69) is 10.3 Å². The molecule has 0 saturated heterocycles. The molecule has 1 aromatic carbocycles. The van der Waals surface area contributed by atoms with Crippen LogP contribution in [-0.4, -0.2) is 4.98 Å². The lowest BCUT2D eigenvalue weighted by Crippen LogP contribution is -2.06. The van der Waals surface area contributed by atoms with Crippen molar-refractivity contribution in [2.45, 2.75) is 13.1 Å². The monoisotopic (exact) mass is 301 g/mol. The van der Waals surface area contributed by atoms with E-state index in [1.807, 2.05) is 0 Å². The van der Waals surface area contributed by atoms with Gasteiger partial charge in [-0.05, 0) is 36.8 Å². The Hall–Kier alpha value is -1.95. The van der Waals surface area contributed by atoms with Gasteiger partial charge in [-0.3, -0.25) is 0 Å². The van der Waals surface area contributed by atoms with Crippen LogP contribution in [0, 0.1) is 6.92 Å². The molecule has 1 heterocycles. The van der Waals surface area contributed by atoms with E-state index < -0.39 is 11.7 Å². The van der Waals surface area contributed by atoms with Gasteiger partial charge in [0.1, 0.15) is 0 Å². The first-order valence-electron chi connectivity index (χ1n) is 5.63. The second-order valence-corrected chi connectivity index (χ2v) is 4.68. The molecule has 20 heavy (non-hydrogen) atoms. The van der Waals surface area contributed by atoms with Gasteiger partial charge in [-0.25, -0.2) is 4.98 Å². The minimum absolute atomic E-state index is 0.0199. The molecule has 1 aromatic heterocycles. The quantitative estimate of drug-likeness (QED) is 0.865. The summed E-state index contributed by atoms with van der Waals surface area (Å²) in [7, 11) is 0. The fourth-order valence-corrected chi connectivity index (χ4v) is 1.87. The fourth-order valence-electron chi connectivity index (χ4n) is 1.63. The molecule has 3 nitrogen and oxygen atoms in total. The number of nitrogens with zero attached hydrogens (tertiary/aromatic N) is 1. The van der Waals surface area contributed by atoms with Crippen molar-refractivity contribution in [2.24, 2.45) is 0 Å². The second-order valence-electron chi connectivity index (χ2n) is 4.24. The molecule has 0 aliphatic rings. The van der Waals surface area contributed by atoms with Crippen LogP contribution in [0.15, 0.2) is 30.5 Å². The highest BCUT2D eigenvalue weighted by Crippen LogP contribution is 2.34. The van der Waals surface area contributed by atoms with Gasteiger partial charge < -0.3 is 11.1 Å². The van der Waals surface area contributed by atoms with Gasteiger partial charge in [0.15, 0.2) is 5.82 Å². The lowest BCUT2D eigenvalue weighted by atomic mass is 10.2. The van der Waals surface area contributed by atoms with Crippen LogP contribution in [0.25, 0.3) is 0 Å². The molecule has 2 rings (SSSR count). The number of hydrogen-bond donors (Lipinski definition) is 2. The number of halogens is 4. The van der Waals surface area contributed by atoms with Crippen molar-refractivity contribution in [3.8, 4) is 0 Å². The molecule has 2 aromatic rings. The number of pyridine rings is 1. The summed E-state index contributed by atoms with van der Waals surface area (Å²) >= 11 is 5.70. The van der Waals surface area contributed by atoms with E-state index in [4.69, 9.17) is 17.3 Å². The Morgan fingerprint density at radius 3 is 2.60 bits per heavy atom. The fraction of sp³-hybridized carbons (Fsp3) is 0.154. The molecule has 0 atom stereocenters. The van der Waals surface area contributed by atoms with Gasteiger partial charge in [0.05, 0.1) is 11.3 Å². The Bertz CT molecular complexity index is 641. The molecular formula is C13H11ClF3N3. The number of rotatable bonds is 2. The number of alkyl halides is 3.